The first-order valence-corrected chi connectivity index (χ1v) is 10.4. The van der Waals surface area contributed by atoms with Crippen LogP contribution in [0.15, 0.2) is 22.8 Å². The Morgan fingerprint density at radius 3 is 2.88 bits per heavy atom. The van der Waals surface area contributed by atoms with Crippen LogP contribution in [0.4, 0.5) is 0 Å². The van der Waals surface area contributed by atoms with Gasteiger partial charge in [0.1, 0.15) is 5.76 Å². The monoisotopic (exact) mass is 354 g/mol. The summed E-state index contributed by atoms with van der Waals surface area (Å²) in [4.78, 5) is 2.19. The molecule has 4 rings (SSSR count). The molecule has 1 aromatic heterocycles. The predicted octanol–water partition coefficient (Wildman–Crippen LogP) is 1.54. The topological polar surface area (TPSA) is 63.0 Å². The summed E-state index contributed by atoms with van der Waals surface area (Å²) in [6.07, 6.45) is 4.38. The molecule has 0 radical (unpaired) electrons. The fraction of sp³-hybridized carbons (Fsp3) is 0.765. The van der Waals surface area contributed by atoms with Crippen molar-refractivity contribution in [3.8, 4) is 0 Å². The minimum atomic E-state index is -3.07. The van der Waals surface area contributed by atoms with Crippen molar-refractivity contribution in [2.45, 2.75) is 37.2 Å². The molecule has 3 fully saturated rings. The lowest BCUT2D eigenvalue weighted by Gasteiger charge is -2.36. The highest BCUT2D eigenvalue weighted by atomic mass is 32.2. The Hall–Kier alpha value is -0.890. The molecule has 0 N–H and O–H groups in total. The standard InChI is InChI=1S/C17H26N2O4S/c1-18(9-14-3-2-8-22-14)11-17-16-10-19(7-6-13(16)12-23-17)24(20,21)15-4-5-15/h2-3,8,13,15-17H,4-7,9-12H2,1H3/t13-,16-,17+/m1/s1. The predicted molar refractivity (Wildman–Crippen MR) is 89.9 cm³/mol. The number of furan rings is 1. The average Bonchev–Trinajstić information content (AvgIpc) is 3.19. The Labute approximate surface area is 143 Å². The van der Waals surface area contributed by atoms with Gasteiger partial charge in [0, 0.05) is 25.6 Å². The lowest BCUT2D eigenvalue weighted by atomic mass is 9.85. The van der Waals surface area contributed by atoms with Crippen molar-refractivity contribution in [1.82, 2.24) is 9.21 Å². The molecule has 0 unspecified atom stereocenters. The average molecular weight is 354 g/mol. The van der Waals surface area contributed by atoms with Gasteiger partial charge in [-0.3, -0.25) is 4.90 Å². The van der Waals surface area contributed by atoms with Crippen LogP contribution < -0.4 is 0 Å². The number of fused-ring (bicyclic) bond motifs is 1. The van der Waals surface area contributed by atoms with Crippen molar-refractivity contribution < 1.29 is 17.6 Å². The second-order valence-corrected chi connectivity index (χ2v) is 9.68. The van der Waals surface area contributed by atoms with Crippen LogP contribution in [0.1, 0.15) is 25.0 Å². The number of nitrogens with zero attached hydrogens (tertiary/aromatic N) is 2. The summed E-state index contributed by atoms with van der Waals surface area (Å²) < 4.78 is 38.2. The van der Waals surface area contributed by atoms with Crippen LogP contribution in [0, 0.1) is 11.8 Å². The Kier molecular flexibility index (Phi) is 4.45. The molecule has 3 aliphatic rings. The van der Waals surface area contributed by atoms with Gasteiger partial charge in [0.25, 0.3) is 0 Å². The van der Waals surface area contributed by atoms with Crippen LogP contribution in [-0.4, -0.2) is 62.3 Å². The van der Waals surface area contributed by atoms with Crippen molar-refractivity contribution in [3.05, 3.63) is 24.2 Å². The first-order valence-electron chi connectivity index (χ1n) is 8.85. The van der Waals surface area contributed by atoms with Gasteiger partial charge in [-0.25, -0.2) is 12.7 Å². The Bertz CT molecular complexity index is 656. The van der Waals surface area contributed by atoms with Crippen molar-refractivity contribution in [1.29, 1.82) is 0 Å². The molecular weight excluding hydrogens is 328 g/mol. The van der Waals surface area contributed by atoms with Gasteiger partial charge in [-0.2, -0.15) is 0 Å². The summed E-state index contributed by atoms with van der Waals surface area (Å²) in [5.74, 6) is 1.75. The van der Waals surface area contributed by atoms with Crippen LogP contribution in [0.2, 0.25) is 0 Å². The van der Waals surface area contributed by atoms with Crippen molar-refractivity contribution in [2.75, 3.05) is 33.3 Å². The smallest absolute Gasteiger partial charge is 0.216 e. The molecule has 134 valence electrons. The van der Waals surface area contributed by atoms with E-state index < -0.39 is 10.0 Å². The maximum Gasteiger partial charge on any atom is 0.216 e. The van der Waals surface area contributed by atoms with Gasteiger partial charge in [-0.1, -0.05) is 0 Å². The van der Waals surface area contributed by atoms with Crippen LogP contribution in [0.5, 0.6) is 0 Å². The van der Waals surface area contributed by atoms with E-state index in [1.807, 2.05) is 12.1 Å². The van der Waals surface area contributed by atoms with Crippen molar-refractivity contribution >= 4 is 10.0 Å². The molecule has 7 heteroatoms. The molecule has 2 saturated heterocycles. The summed E-state index contributed by atoms with van der Waals surface area (Å²) in [5.41, 5.74) is 0. The van der Waals surface area contributed by atoms with E-state index in [0.717, 1.165) is 44.7 Å². The molecule has 0 aromatic carbocycles. The van der Waals surface area contributed by atoms with E-state index in [2.05, 4.69) is 11.9 Å². The minimum absolute atomic E-state index is 0.104. The van der Waals surface area contributed by atoms with E-state index in [1.165, 1.54) is 0 Å². The maximum atomic E-state index is 12.5. The van der Waals surface area contributed by atoms with Crippen molar-refractivity contribution in [2.24, 2.45) is 11.8 Å². The fourth-order valence-corrected chi connectivity index (χ4v) is 5.93. The highest BCUT2D eigenvalue weighted by molar-refractivity contribution is 7.90. The molecule has 0 amide bonds. The van der Waals surface area contributed by atoms with Gasteiger partial charge < -0.3 is 9.15 Å². The summed E-state index contributed by atoms with van der Waals surface area (Å²) >= 11 is 0. The van der Waals surface area contributed by atoms with Crippen LogP contribution in [0.3, 0.4) is 0 Å². The number of ether oxygens (including phenoxy) is 1. The molecule has 3 heterocycles. The van der Waals surface area contributed by atoms with Gasteiger partial charge in [0.05, 0.1) is 30.8 Å². The number of sulfonamides is 1. The SMILES string of the molecule is CN(Cc1ccco1)C[C@@H]1OC[C@H]2CCN(S(=O)(=O)C3CC3)C[C@H]21. The quantitative estimate of drug-likeness (QED) is 0.775. The van der Waals surface area contributed by atoms with Crippen LogP contribution in [0.25, 0.3) is 0 Å². The first-order chi connectivity index (χ1) is 11.5. The second kappa shape index (κ2) is 6.44. The third-order valence-electron chi connectivity index (χ3n) is 5.57. The Morgan fingerprint density at radius 1 is 1.33 bits per heavy atom. The Balaban J connectivity index is 1.38. The molecule has 3 atom stereocenters. The molecule has 1 aromatic rings. The lowest BCUT2D eigenvalue weighted by molar-refractivity contribution is 0.0544. The molecule has 24 heavy (non-hydrogen) atoms. The number of likely N-dealkylation sites (N-methyl/N-ethyl adjacent to an activating group) is 1. The Morgan fingerprint density at radius 2 is 2.17 bits per heavy atom. The normalized spacial score (nSPS) is 31.5. The molecule has 2 aliphatic heterocycles. The van der Waals surface area contributed by atoms with Crippen molar-refractivity contribution in [3.63, 3.8) is 0 Å². The van der Waals surface area contributed by atoms with Crippen LogP contribution >= 0.6 is 0 Å². The number of piperidine rings is 1. The number of rotatable bonds is 6. The first kappa shape index (κ1) is 16.6. The summed E-state index contributed by atoms with van der Waals surface area (Å²) in [6, 6.07) is 3.87. The minimum Gasteiger partial charge on any atom is -0.468 e. The molecule has 0 spiro atoms. The van der Waals surface area contributed by atoms with Gasteiger partial charge in [0.2, 0.25) is 10.0 Å². The highest BCUT2D eigenvalue weighted by Gasteiger charge is 2.47. The van der Waals surface area contributed by atoms with E-state index >= 15 is 0 Å². The molecular formula is C17H26N2O4S. The molecule has 6 nitrogen and oxygen atoms in total. The van der Waals surface area contributed by atoms with E-state index in [1.54, 1.807) is 10.6 Å². The summed E-state index contributed by atoms with van der Waals surface area (Å²) in [6.45, 7) is 3.61. The number of hydrogen-bond acceptors (Lipinski definition) is 5. The summed E-state index contributed by atoms with van der Waals surface area (Å²) in [7, 11) is -1.01. The lowest BCUT2D eigenvalue weighted by Crippen LogP contribution is -2.47. The van der Waals surface area contributed by atoms with E-state index in [4.69, 9.17) is 9.15 Å². The van der Waals surface area contributed by atoms with Gasteiger partial charge >= 0.3 is 0 Å². The maximum absolute atomic E-state index is 12.5. The van der Waals surface area contributed by atoms with E-state index in [9.17, 15) is 8.42 Å². The highest BCUT2D eigenvalue weighted by Crippen LogP contribution is 2.39. The zero-order valence-electron chi connectivity index (χ0n) is 14.1. The second-order valence-electron chi connectivity index (χ2n) is 7.46. The molecule has 0 bridgehead atoms. The third-order valence-corrected chi connectivity index (χ3v) is 7.94. The van der Waals surface area contributed by atoms with E-state index in [0.29, 0.717) is 24.9 Å². The van der Waals surface area contributed by atoms with E-state index in [-0.39, 0.29) is 11.4 Å². The number of hydrogen-bond donors (Lipinski definition) is 0. The van der Waals surface area contributed by atoms with Crippen LogP contribution in [-0.2, 0) is 21.3 Å². The van der Waals surface area contributed by atoms with Gasteiger partial charge in [-0.05, 0) is 44.4 Å². The molecule has 1 aliphatic carbocycles. The summed E-state index contributed by atoms with van der Waals surface area (Å²) in [5, 5.41) is -0.114. The largest absolute Gasteiger partial charge is 0.468 e. The third kappa shape index (κ3) is 3.27. The fourth-order valence-electron chi connectivity index (χ4n) is 4.03. The van der Waals surface area contributed by atoms with Gasteiger partial charge in [-0.15, -0.1) is 0 Å². The molecule has 1 saturated carbocycles. The zero-order valence-corrected chi connectivity index (χ0v) is 15.0. The van der Waals surface area contributed by atoms with Gasteiger partial charge in [0.15, 0.2) is 0 Å². The zero-order chi connectivity index (χ0) is 16.7.